The van der Waals surface area contributed by atoms with Crippen LogP contribution < -0.4 is 0 Å². The highest BCUT2D eigenvalue weighted by Gasteiger charge is 2.17. The molecule has 1 aromatic heterocycles. The first-order valence-corrected chi connectivity index (χ1v) is 5.72. The van der Waals surface area contributed by atoms with Crippen LogP contribution in [0.1, 0.15) is 52.6 Å². The molecule has 15 heavy (non-hydrogen) atoms. The Morgan fingerprint density at radius 2 is 1.93 bits per heavy atom. The van der Waals surface area contributed by atoms with E-state index in [2.05, 4.69) is 44.6 Å². The van der Waals surface area contributed by atoms with E-state index >= 15 is 0 Å². The molecule has 0 aromatic carbocycles. The molecule has 0 spiro atoms. The van der Waals surface area contributed by atoms with E-state index in [-0.39, 0.29) is 5.41 Å². The summed E-state index contributed by atoms with van der Waals surface area (Å²) in [6, 6.07) is 2.03. The first-order valence-electron chi connectivity index (χ1n) is 5.72. The fourth-order valence-electron chi connectivity index (χ4n) is 1.33. The van der Waals surface area contributed by atoms with Crippen LogP contribution in [-0.4, -0.2) is 9.97 Å². The molecule has 0 amide bonds. The summed E-state index contributed by atoms with van der Waals surface area (Å²) in [4.78, 5) is 8.93. The fourth-order valence-corrected chi connectivity index (χ4v) is 1.33. The summed E-state index contributed by atoms with van der Waals surface area (Å²) in [5, 5.41) is 0. The Morgan fingerprint density at radius 1 is 1.27 bits per heavy atom. The topological polar surface area (TPSA) is 25.8 Å². The van der Waals surface area contributed by atoms with Crippen LogP contribution in [0.2, 0.25) is 0 Å². The Morgan fingerprint density at radius 3 is 2.47 bits per heavy atom. The lowest BCUT2D eigenvalue weighted by molar-refractivity contribution is 0.533. The van der Waals surface area contributed by atoms with E-state index in [4.69, 9.17) is 0 Å². The largest absolute Gasteiger partial charge is 0.241 e. The molecule has 0 aliphatic heterocycles. The van der Waals surface area contributed by atoms with Gasteiger partial charge in [-0.3, -0.25) is 0 Å². The maximum Gasteiger partial charge on any atom is 0.133 e. The summed E-state index contributed by atoms with van der Waals surface area (Å²) in [6.45, 7) is 10.9. The van der Waals surface area contributed by atoms with Crippen molar-refractivity contribution in [2.24, 2.45) is 5.92 Å². The molecule has 0 saturated carbocycles. The number of rotatable bonds is 3. The first kappa shape index (κ1) is 12.2. The van der Waals surface area contributed by atoms with Crippen molar-refractivity contribution < 1.29 is 0 Å². The third-order valence-electron chi connectivity index (χ3n) is 2.36. The van der Waals surface area contributed by atoms with Crippen molar-refractivity contribution in [2.45, 2.75) is 52.9 Å². The number of nitrogens with zero attached hydrogens (tertiary/aromatic N) is 2. The summed E-state index contributed by atoms with van der Waals surface area (Å²) in [5.41, 5.74) is 1.22. The van der Waals surface area contributed by atoms with Crippen molar-refractivity contribution in [3.63, 3.8) is 0 Å². The van der Waals surface area contributed by atoms with Gasteiger partial charge in [-0.25, -0.2) is 9.97 Å². The van der Waals surface area contributed by atoms with Gasteiger partial charge in [-0.15, -0.1) is 0 Å². The van der Waals surface area contributed by atoms with Crippen LogP contribution in [0.15, 0.2) is 12.3 Å². The van der Waals surface area contributed by atoms with Crippen LogP contribution in [0.5, 0.6) is 0 Å². The van der Waals surface area contributed by atoms with Gasteiger partial charge in [0.25, 0.3) is 0 Å². The van der Waals surface area contributed by atoms with Crippen molar-refractivity contribution >= 4 is 0 Å². The standard InChI is InChI=1S/C13H22N2/c1-10(2)6-7-11-8-9-14-12(15-11)13(3,4)5/h8-10H,6-7H2,1-5H3. The summed E-state index contributed by atoms with van der Waals surface area (Å²) in [7, 11) is 0. The van der Waals surface area contributed by atoms with Gasteiger partial charge in [-0.2, -0.15) is 0 Å². The fraction of sp³-hybridized carbons (Fsp3) is 0.692. The average molecular weight is 206 g/mol. The molecule has 1 rings (SSSR count). The number of aromatic nitrogens is 2. The highest BCUT2D eigenvalue weighted by molar-refractivity contribution is 5.08. The lowest BCUT2D eigenvalue weighted by Crippen LogP contribution is -2.16. The second-order valence-corrected chi connectivity index (χ2v) is 5.55. The van der Waals surface area contributed by atoms with Gasteiger partial charge in [-0.05, 0) is 24.8 Å². The van der Waals surface area contributed by atoms with Gasteiger partial charge < -0.3 is 0 Å². The Labute approximate surface area is 93.2 Å². The molecule has 0 N–H and O–H groups in total. The minimum Gasteiger partial charge on any atom is -0.241 e. The molecule has 1 aromatic rings. The van der Waals surface area contributed by atoms with Gasteiger partial charge >= 0.3 is 0 Å². The Balaban J connectivity index is 2.75. The van der Waals surface area contributed by atoms with Crippen LogP contribution in [-0.2, 0) is 11.8 Å². The van der Waals surface area contributed by atoms with Crippen LogP contribution in [0.25, 0.3) is 0 Å². The third kappa shape index (κ3) is 3.98. The van der Waals surface area contributed by atoms with Crippen LogP contribution in [0, 0.1) is 5.92 Å². The van der Waals surface area contributed by atoms with Crippen molar-refractivity contribution in [1.29, 1.82) is 0 Å². The molecule has 0 bridgehead atoms. The molecule has 1 heterocycles. The molecule has 0 fully saturated rings. The molecule has 0 unspecified atom stereocenters. The molecule has 0 atom stereocenters. The lowest BCUT2D eigenvalue weighted by atomic mass is 9.95. The monoisotopic (exact) mass is 206 g/mol. The van der Waals surface area contributed by atoms with Gasteiger partial charge in [0.15, 0.2) is 0 Å². The normalized spacial score (nSPS) is 12.1. The maximum absolute atomic E-state index is 4.60. The zero-order chi connectivity index (χ0) is 11.5. The van der Waals surface area contributed by atoms with Crippen molar-refractivity contribution in [1.82, 2.24) is 9.97 Å². The van der Waals surface area contributed by atoms with E-state index in [1.807, 2.05) is 12.3 Å². The van der Waals surface area contributed by atoms with E-state index in [9.17, 15) is 0 Å². The highest BCUT2D eigenvalue weighted by Crippen LogP contribution is 2.18. The average Bonchev–Trinajstić information content (AvgIpc) is 2.14. The predicted octanol–water partition coefficient (Wildman–Crippen LogP) is 3.36. The van der Waals surface area contributed by atoms with Crippen molar-refractivity contribution in [3.8, 4) is 0 Å². The molecule has 2 nitrogen and oxygen atoms in total. The Hall–Kier alpha value is -0.920. The van der Waals surface area contributed by atoms with Gasteiger partial charge in [0.1, 0.15) is 5.82 Å². The minimum atomic E-state index is 0.0494. The second kappa shape index (κ2) is 4.73. The van der Waals surface area contributed by atoms with Gasteiger partial charge in [-0.1, -0.05) is 34.6 Å². The molecule has 0 aliphatic carbocycles. The summed E-state index contributed by atoms with van der Waals surface area (Å²) < 4.78 is 0. The van der Waals surface area contributed by atoms with E-state index in [1.54, 1.807) is 0 Å². The van der Waals surface area contributed by atoms with Gasteiger partial charge in [0.2, 0.25) is 0 Å². The van der Waals surface area contributed by atoms with Gasteiger partial charge in [0.05, 0.1) is 0 Å². The smallest absolute Gasteiger partial charge is 0.133 e. The highest BCUT2D eigenvalue weighted by atomic mass is 14.9. The van der Waals surface area contributed by atoms with Crippen LogP contribution in [0.4, 0.5) is 0 Å². The maximum atomic E-state index is 4.60. The van der Waals surface area contributed by atoms with Crippen LogP contribution >= 0.6 is 0 Å². The molecule has 0 radical (unpaired) electrons. The molecular formula is C13H22N2. The summed E-state index contributed by atoms with van der Waals surface area (Å²) in [5.74, 6) is 1.68. The quantitative estimate of drug-likeness (QED) is 0.758. The zero-order valence-electron chi connectivity index (χ0n) is 10.5. The van der Waals surface area contributed by atoms with E-state index in [0.29, 0.717) is 0 Å². The predicted molar refractivity (Wildman–Crippen MR) is 63.9 cm³/mol. The van der Waals surface area contributed by atoms with Crippen LogP contribution in [0.3, 0.4) is 0 Å². The second-order valence-electron chi connectivity index (χ2n) is 5.55. The van der Waals surface area contributed by atoms with E-state index < -0.39 is 0 Å². The molecule has 84 valence electrons. The van der Waals surface area contributed by atoms with Crippen molar-refractivity contribution in [3.05, 3.63) is 23.8 Å². The number of hydrogen-bond donors (Lipinski definition) is 0. The minimum absolute atomic E-state index is 0.0494. The van der Waals surface area contributed by atoms with E-state index in [0.717, 1.165) is 18.2 Å². The summed E-state index contributed by atoms with van der Waals surface area (Å²) >= 11 is 0. The summed E-state index contributed by atoms with van der Waals surface area (Å²) in [6.07, 6.45) is 4.13. The molecule has 2 heteroatoms. The third-order valence-corrected chi connectivity index (χ3v) is 2.36. The lowest BCUT2D eigenvalue weighted by Gasteiger charge is -2.16. The first-order chi connectivity index (χ1) is 6.89. The zero-order valence-corrected chi connectivity index (χ0v) is 10.5. The number of aryl methyl sites for hydroxylation is 1. The SMILES string of the molecule is CC(C)CCc1ccnc(C(C)(C)C)n1. The molecule has 0 aliphatic rings. The molecule has 0 saturated heterocycles. The van der Waals surface area contributed by atoms with E-state index in [1.165, 1.54) is 12.1 Å². The Kier molecular flexibility index (Phi) is 3.83. The van der Waals surface area contributed by atoms with Gasteiger partial charge in [0, 0.05) is 17.3 Å². The Bertz CT molecular complexity index is 311. The number of hydrogen-bond acceptors (Lipinski definition) is 2. The van der Waals surface area contributed by atoms with Crippen molar-refractivity contribution in [2.75, 3.05) is 0 Å². The molecular weight excluding hydrogens is 184 g/mol.